The lowest BCUT2D eigenvalue weighted by molar-refractivity contribution is -0.114. The van der Waals surface area contributed by atoms with E-state index in [0.29, 0.717) is 16.2 Å². The molecule has 2 fully saturated rings. The fourth-order valence-corrected chi connectivity index (χ4v) is 9.00. The number of fused-ring (bicyclic) bond motifs is 2. The summed E-state index contributed by atoms with van der Waals surface area (Å²) in [4.78, 5) is 5.63. The Hall–Kier alpha value is -0.770. The number of piperidine rings is 1. The van der Waals surface area contributed by atoms with Crippen molar-refractivity contribution in [2.75, 3.05) is 19.7 Å². The van der Waals surface area contributed by atoms with Crippen LogP contribution >= 0.6 is 22.7 Å². The zero-order valence-corrected chi connectivity index (χ0v) is 20.8. The second kappa shape index (κ2) is 8.54. The molecule has 5 rings (SSSR count). The van der Waals surface area contributed by atoms with Gasteiger partial charge in [0.2, 0.25) is 10.0 Å². The smallest absolute Gasteiger partial charge is 0.250 e. The predicted octanol–water partition coefficient (Wildman–Crippen LogP) is 4.38. The van der Waals surface area contributed by atoms with Gasteiger partial charge in [-0.25, -0.2) is 13.1 Å². The van der Waals surface area contributed by atoms with Crippen molar-refractivity contribution in [3.05, 3.63) is 38.9 Å². The van der Waals surface area contributed by atoms with Crippen LogP contribution in [0, 0.1) is 5.92 Å². The number of hydrogen-bond acceptors (Lipinski definition) is 6. The lowest BCUT2D eigenvalue weighted by Crippen LogP contribution is -2.54. The van der Waals surface area contributed by atoms with E-state index in [1.54, 1.807) is 22.4 Å². The van der Waals surface area contributed by atoms with Crippen LogP contribution in [0.3, 0.4) is 0 Å². The predicted molar refractivity (Wildman–Crippen MR) is 126 cm³/mol. The van der Waals surface area contributed by atoms with Gasteiger partial charge in [-0.15, -0.1) is 22.7 Å². The van der Waals surface area contributed by atoms with Crippen molar-refractivity contribution < 1.29 is 13.2 Å². The van der Waals surface area contributed by atoms with Gasteiger partial charge < -0.3 is 9.64 Å². The third-order valence-electron chi connectivity index (χ3n) is 7.27. The Morgan fingerprint density at radius 3 is 2.90 bits per heavy atom. The molecular weight excluding hydrogens is 448 g/mol. The first kappa shape index (κ1) is 22.0. The van der Waals surface area contributed by atoms with Crippen LogP contribution in [0.2, 0.25) is 0 Å². The summed E-state index contributed by atoms with van der Waals surface area (Å²) in [7, 11) is -3.35. The van der Waals surface area contributed by atoms with Crippen molar-refractivity contribution >= 4 is 32.7 Å². The van der Waals surface area contributed by atoms with Crippen LogP contribution in [0.15, 0.2) is 27.8 Å². The maximum Gasteiger partial charge on any atom is 0.250 e. The lowest BCUT2D eigenvalue weighted by atomic mass is 9.77. The van der Waals surface area contributed by atoms with Crippen LogP contribution in [-0.4, -0.2) is 45.1 Å². The van der Waals surface area contributed by atoms with Crippen molar-refractivity contribution in [3.63, 3.8) is 0 Å². The summed E-state index contributed by atoms with van der Waals surface area (Å²) >= 11 is 3.26. The topological polar surface area (TPSA) is 58.6 Å². The average molecular weight is 481 g/mol. The third kappa shape index (κ3) is 4.27. The molecule has 1 saturated carbocycles. The van der Waals surface area contributed by atoms with E-state index in [4.69, 9.17) is 4.74 Å². The Morgan fingerprint density at radius 2 is 2.19 bits per heavy atom. The van der Waals surface area contributed by atoms with Crippen molar-refractivity contribution in [3.8, 4) is 0 Å². The molecule has 1 aliphatic carbocycles. The number of nitrogens with zero attached hydrogens (tertiary/aromatic N) is 1. The fourth-order valence-electron chi connectivity index (χ4n) is 5.55. The molecule has 1 saturated heterocycles. The molecule has 2 aromatic heterocycles. The van der Waals surface area contributed by atoms with Gasteiger partial charge in [0.1, 0.15) is 4.21 Å². The molecule has 0 radical (unpaired) electrons. The van der Waals surface area contributed by atoms with Crippen molar-refractivity contribution in [1.29, 1.82) is 0 Å². The Morgan fingerprint density at radius 1 is 1.35 bits per heavy atom. The fraction of sp³-hybridized carbons (Fsp3) is 0.652. The summed E-state index contributed by atoms with van der Waals surface area (Å²) in [5.74, 6) is 0.572. The normalized spacial score (nSPS) is 31.5. The molecule has 170 valence electrons. The zero-order valence-electron chi connectivity index (χ0n) is 18.3. The first-order valence-electron chi connectivity index (χ1n) is 11.4. The molecular formula is C23H32N2O3S3. The quantitative estimate of drug-likeness (QED) is 0.667. The van der Waals surface area contributed by atoms with Gasteiger partial charge in [-0.1, -0.05) is 13.0 Å². The highest BCUT2D eigenvalue weighted by molar-refractivity contribution is 7.91. The van der Waals surface area contributed by atoms with E-state index in [9.17, 15) is 8.42 Å². The highest BCUT2D eigenvalue weighted by Gasteiger charge is 2.45. The number of thiophene rings is 2. The molecule has 1 spiro atoms. The van der Waals surface area contributed by atoms with Gasteiger partial charge in [0.15, 0.2) is 0 Å². The summed E-state index contributed by atoms with van der Waals surface area (Å²) < 4.78 is 34.6. The van der Waals surface area contributed by atoms with Crippen LogP contribution in [0.1, 0.15) is 54.8 Å². The van der Waals surface area contributed by atoms with Gasteiger partial charge in [-0.05, 0) is 68.0 Å². The van der Waals surface area contributed by atoms with Gasteiger partial charge in [-0.2, -0.15) is 0 Å². The SMILES string of the molecule is CCc1cc2c(s1)CCO[C@@]21CCN(C[C@H]2C[C@@H](NS(=O)(=O)c3cccs3)C2)[C@@H](C)C1. The van der Waals surface area contributed by atoms with E-state index < -0.39 is 10.0 Å². The molecule has 3 aliphatic rings. The minimum atomic E-state index is -3.35. The molecule has 5 nitrogen and oxygen atoms in total. The molecule has 8 heteroatoms. The summed E-state index contributed by atoms with van der Waals surface area (Å²) in [6, 6.07) is 6.42. The Bertz CT molecular complexity index is 1010. The largest absolute Gasteiger partial charge is 0.370 e. The monoisotopic (exact) mass is 480 g/mol. The number of ether oxygens (including phenoxy) is 1. The number of likely N-dealkylation sites (tertiary alicyclic amines) is 1. The number of aryl methyl sites for hydroxylation is 1. The van der Waals surface area contributed by atoms with Gasteiger partial charge in [0.05, 0.1) is 12.2 Å². The van der Waals surface area contributed by atoms with Gasteiger partial charge in [0, 0.05) is 41.3 Å². The lowest BCUT2D eigenvalue weighted by Gasteiger charge is -2.49. The summed E-state index contributed by atoms with van der Waals surface area (Å²) in [5.41, 5.74) is 1.38. The number of sulfonamides is 1. The van der Waals surface area contributed by atoms with E-state index >= 15 is 0 Å². The zero-order chi connectivity index (χ0) is 21.6. The highest BCUT2D eigenvalue weighted by atomic mass is 32.2. The number of rotatable bonds is 6. The summed E-state index contributed by atoms with van der Waals surface area (Å²) in [6.07, 6.45) is 6.15. The van der Waals surface area contributed by atoms with Gasteiger partial charge in [-0.3, -0.25) is 0 Å². The molecule has 0 unspecified atom stereocenters. The first-order valence-corrected chi connectivity index (χ1v) is 14.6. The van der Waals surface area contributed by atoms with Crippen molar-refractivity contribution in [2.45, 2.75) is 74.3 Å². The van der Waals surface area contributed by atoms with Crippen molar-refractivity contribution in [1.82, 2.24) is 9.62 Å². The van der Waals surface area contributed by atoms with E-state index in [1.807, 2.05) is 11.3 Å². The van der Waals surface area contributed by atoms with E-state index in [-0.39, 0.29) is 11.6 Å². The Labute approximate surface area is 193 Å². The van der Waals surface area contributed by atoms with Gasteiger partial charge >= 0.3 is 0 Å². The standard InChI is InChI=1S/C23H32N2O3S3/c1-3-19-13-20-21(30-19)6-9-28-23(20)7-8-25(16(2)14-23)15-17-11-18(12-17)24-31(26,27)22-5-4-10-29-22/h4-5,10,13,16-18,24H,3,6-9,11-12,14-15H2,1-2H3/t16-,17-,18+,23+/m0/s1. The minimum Gasteiger partial charge on any atom is -0.370 e. The molecule has 2 aromatic rings. The molecule has 0 aromatic carbocycles. The first-order chi connectivity index (χ1) is 14.9. The molecule has 4 heterocycles. The maximum absolute atomic E-state index is 12.4. The van der Waals surface area contributed by atoms with Crippen LogP contribution < -0.4 is 4.72 Å². The van der Waals surface area contributed by atoms with E-state index in [1.165, 1.54) is 21.8 Å². The van der Waals surface area contributed by atoms with Crippen LogP contribution in [0.4, 0.5) is 0 Å². The third-order valence-corrected chi connectivity index (χ3v) is 11.5. The summed E-state index contributed by atoms with van der Waals surface area (Å²) in [6.45, 7) is 7.53. The highest BCUT2D eigenvalue weighted by Crippen LogP contribution is 2.46. The summed E-state index contributed by atoms with van der Waals surface area (Å²) in [5, 5.41) is 1.81. The number of hydrogen-bond donors (Lipinski definition) is 1. The second-order valence-electron chi connectivity index (χ2n) is 9.38. The maximum atomic E-state index is 12.4. The molecule has 0 amide bonds. The molecule has 1 N–H and O–H groups in total. The number of nitrogens with one attached hydrogen (secondary N) is 1. The minimum absolute atomic E-state index is 0.0750. The average Bonchev–Trinajstić information content (AvgIpc) is 3.39. The molecule has 31 heavy (non-hydrogen) atoms. The van der Waals surface area contributed by atoms with E-state index in [2.05, 4.69) is 29.5 Å². The van der Waals surface area contributed by atoms with E-state index in [0.717, 1.165) is 58.2 Å². The Balaban J connectivity index is 1.16. The molecule has 0 bridgehead atoms. The molecule has 2 aliphatic heterocycles. The van der Waals surface area contributed by atoms with Crippen LogP contribution in [0.25, 0.3) is 0 Å². The van der Waals surface area contributed by atoms with Crippen molar-refractivity contribution in [2.24, 2.45) is 5.92 Å². The second-order valence-corrected chi connectivity index (χ2v) is 13.5. The molecule has 2 atom stereocenters. The van der Waals surface area contributed by atoms with Crippen LogP contribution in [-0.2, 0) is 33.2 Å². The van der Waals surface area contributed by atoms with Gasteiger partial charge in [0.25, 0.3) is 0 Å². The Kier molecular flexibility index (Phi) is 6.07. The van der Waals surface area contributed by atoms with Crippen LogP contribution in [0.5, 0.6) is 0 Å².